The Morgan fingerprint density at radius 1 is 0.979 bits per heavy atom. The molecular formula is C39H52N3O6+. The van der Waals surface area contributed by atoms with E-state index in [-0.39, 0.29) is 23.5 Å². The zero-order valence-electron chi connectivity index (χ0n) is 27.9. The largest absolute Gasteiger partial charge is 0.506 e. The van der Waals surface area contributed by atoms with Crippen LogP contribution in [0.5, 0.6) is 11.5 Å². The Bertz CT molecular complexity index is 1460. The maximum Gasteiger partial charge on any atom is 0.211 e. The predicted octanol–water partition coefficient (Wildman–Crippen LogP) is 4.91. The molecule has 1 aliphatic carbocycles. The molecule has 2 bridgehead atoms. The van der Waals surface area contributed by atoms with Crippen LogP contribution in [0.1, 0.15) is 61.3 Å². The Balaban J connectivity index is 0.938. The van der Waals surface area contributed by atoms with E-state index in [1.807, 2.05) is 30.3 Å². The summed E-state index contributed by atoms with van der Waals surface area (Å²) >= 11 is 0. The van der Waals surface area contributed by atoms with E-state index in [1.165, 1.54) is 50.4 Å². The van der Waals surface area contributed by atoms with Crippen LogP contribution in [-0.2, 0) is 21.6 Å². The molecular weight excluding hydrogens is 606 g/mol. The number of carbonyl (C=O) groups is 1. The van der Waals surface area contributed by atoms with Gasteiger partial charge in [-0.1, -0.05) is 61.4 Å². The smallest absolute Gasteiger partial charge is 0.211 e. The number of phenolic OH excluding ortho intramolecular Hbond substituents is 1. The molecule has 1 saturated carbocycles. The zero-order chi connectivity index (χ0) is 33.4. The van der Waals surface area contributed by atoms with Crippen molar-refractivity contribution in [2.75, 3.05) is 57.8 Å². The second-order valence-corrected chi connectivity index (χ2v) is 14.2. The van der Waals surface area contributed by atoms with Crippen molar-refractivity contribution in [2.45, 2.75) is 62.8 Å². The summed E-state index contributed by atoms with van der Waals surface area (Å²) in [6.45, 7) is 6.38. The monoisotopic (exact) mass is 658 g/mol. The van der Waals surface area contributed by atoms with E-state index in [1.54, 1.807) is 12.1 Å². The van der Waals surface area contributed by atoms with Gasteiger partial charge in [-0.25, -0.2) is 0 Å². The van der Waals surface area contributed by atoms with E-state index in [0.29, 0.717) is 44.2 Å². The minimum absolute atomic E-state index is 0.0414. The van der Waals surface area contributed by atoms with Crippen LogP contribution in [0.4, 0.5) is 5.69 Å². The molecule has 7 rings (SSSR count). The number of fused-ring (bicyclic) bond motifs is 3. The summed E-state index contributed by atoms with van der Waals surface area (Å²) in [5.74, 6) is 1.66. The van der Waals surface area contributed by atoms with Gasteiger partial charge in [-0.05, 0) is 72.7 Å². The van der Waals surface area contributed by atoms with Gasteiger partial charge in [0.1, 0.15) is 42.9 Å². The summed E-state index contributed by atoms with van der Waals surface area (Å²) in [6, 6.07) is 23.1. The third kappa shape index (κ3) is 8.21. The molecule has 9 nitrogen and oxygen atoms in total. The molecule has 1 unspecified atom stereocenters. The van der Waals surface area contributed by atoms with Crippen molar-refractivity contribution in [1.82, 2.24) is 5.32 Å². The van der Waals surface area contributed by atoms with Gasteiger partial charge in [0.25, 0.3) is 0 Å². The molecule has 3 saturated heterocycles. The molecule has 0 aromatic heterocycles. The van der Waals surface area contributed by atoms with Crippen LogP contribution in [0, 0.1) is 11.8 Å². The number of ether oxygens (including phenoxy) is 2. The Labute approximate surface area is 284 Å². The maximum absolute atomic E-state index is 12.0. The number of hydrogen-bond donors (Lipinski definition) is 5. The third-order valence-electron chi connectivity index (χ3n) is 11.2. The van der Waals surface area contributed by atoms with Crippen LogP contribution in [0.2, 0.25) is 0 Å². The van der Waals surface area contributed by atoms with Gasteiger partial charge >= 0.3 is 0 Å². The Morgan fingerprint density at radius 2 is 1.73 bits per heavy atom. The number of phenols is 1. The van der Waals surface area contributed by atoms with Gasteiger partial charge in [-0.15, -0.1) is 0 Å². The van der Waals surface area contributed by atoms with Crippen molar-refractivity contribution in [3.63, 3.8) is 0 Å². The fourth-order valence-corrected chi connectivity index (χ4v) is 8.16. The fourth-order valence-electron chi connectivity index (χ4n) is 8.16. The van der Waals surface area contributed by atoms with Crippen LogP contribution in [0.3, 0.4) is 0 Å². The van der Waals surface area contributed by atoms with Crippen LogP contribution in [0.15, 0.2) is 72.8 Å². The number of carbonyl (C=O) groups excluding carboxylic acids is 1. The first-order valence-corrected chi connectivity index (χ1v) is 17.8. The number of aromatic hydroxyl groups is 1. The summed E-state index contributed by atoms with van der Waals surface area (Å²) < 4.78 is 14.0. The Kier molecular flexibility index (Phi) is 11.3. The highest BCUT2D eigenvalue weighted by Crippen LogP contribution is 2.42. The zero-order valence-corrected chi connectivity index (χ0v) is 27.9. The van der Waals surface area contributed by atoms with Gasteiger partial charge < -0.3 is 39.9 Å². The number of aliphatic hydroxyl groups is 2. The SMILES string of the molecule is O=CNc1cc([C@@H](O)CNCCc2ccc(OCC[N+]34CCC(CC3)[C@@H](OCC(O)(c3ccccc3)C3CCCC3)C4)cc2)ccc1O. The van der Waals surface area contributed by atoms with Gasteiger partial charge in [-0.3, -0.25) is 4.79 Å². The number of hydrogen-bond acceptors (Lipinski definition) is 7. The number of quaternary nitrogens is 1. The number of nitrogens with zero attached hydrogens (tertiary/aromatic N) is 1. The second kappa shape index (κ2) is 15.8. The Morgan fingerprint density at radius 3 is 2.46 bits per heavy atom. The summed E-state index contributed by atoms with van der Waals surface area (Å²) in [4.78, 5) is 10.7. The lowest BCUT2D eigenvalue weighted by molar-refractivity contribution is -0.946. The van der Waals surface area contributed by atoms with Crippen molar-refractivity contribution >= 4 is 12.1 Å². The van der Waals surface area contributed by atoms with E-state index < -0.39 is 11.7 Å². The first-order valence-electron chi connectivity index (χ1n) is 17.8. The standard InChI is InChI=1S/C39H51N3O6/c43-28-41-35-24-31(12-15-36(35)44)37(45)25-40-19-16-29-10-13-34(14-11-29)47-23-22-42-20-17-30(18-21-42)38(26-42)48-27-39(46,33-8-4-5-9-33)32-6-2-1-3-7-32/h1-3,6-7,10-15,24,28,30,33,37-38,40,45-46H,4-5,8-9,16-23,25-27H2,(H-,41,43,44)/p+1/t30?,37-,38-,39?,42?/m0/s1. The lowest BCUT2D eigenvalue weighted by Gasteiger charge is -2.52. The molecule has 1 amide bonds. The molecule has 0 spiro atoms. The number of anilines is 1. The first-order chi connectivity index (χ1) is 23.4. The van der Waals surface area contributed by atoms with Crippen molar-refractivity contribution in [3.05, 3.63) is 89.5 Å². The number of piperidine rings is 3. The van der Waals surface area contributed by atoms with Crippen molar-refractivity contribution in [2.24, 2.45) is 11.8 Å². The fraction of sp³-hybridized carbons (Fsp3) is 0.513. The van der Waals surface area contributed by atoms with Gasteiger partial charge in [0, 0.05) is 25.3 Å². The molecule has 3 heterocycles. The second-order valence-electron chi connectivity index (χ2n) is 14.2. The minimum atomic E-state index is -0.921. The molecule has 3 aromatic carbocycles. The van der Waals surface area contributed by atoms with Gasteiger partial charge in [0.15, 0.2) is 0 Å². The number of nitrogens with one attached hydrogen (secondary N) is 2. The van der Waals surface area contributed by atoms with Gasteiger partial charge in [0.05, 0.1) is 31.5 Å². The molecule has 0 radical (unpaired) electrons. The average molecular weight is 659 g/mol. The van der Waals surface area contributed by atoms with Crippen molar-refractivity contribution in [3.8, 4) is 11.5 Å². The lowest BCUT2D eigenvalue weighted by Crippen LogP contribution is -2.65. The third-order valence-corrected chi connectivity index (χ3v) is 11.2. The molecule has 3 aromatic rings. The van der Waals surface area contributed by atoms with Crippen LogP contribution >= 0.6 is 0 Å². The Hall–Kier alpha value is -3.47. The quantitative estimate of drug-likeness (QED) is 0.0606. The van der Waals surface area contributed by atoms with E-state index in [0.717, 1.165) is 48.1 Å². The maximum atomic E-state index is 12.0. The molecule has 258 valence electrons. The minimum Gasteiger partial charge on any atom is -0.506 e. The highest BCUT2D eigenvalue weighted by Gasteiger charge is 2.48. The summed E-state index contributed by atoms with van der Waals surface area (Å²) in [5.41, 5.74) is 2.14. The number of benzene rings is 3. The lowest BCUT2D eigenvalue weighted by atomic mass is 9.80. The van der Waals surface area contributed by atoms with Gasteiger partial charge in [0.2, 0.25) is 6.41 Å². The topological polar surface area (TPSA) is 120 Å². The molecule has 4 fully saturated rings. The highest BCUT2D eigenvalue weighted by molar-refractivity contribution is 5.75. The van der Waals surface area contributed by atoms with E-state index >= 15 is 0 Å². The van der Waals surface area contributed by atoms with E-state index in [9.17, 15) is 20.1 Å². The van der Waals surface area contributed by atoms with Crippen LogP contribution in [0.25, 0.3) is 0 Å². The molecule has 9 heteroatoms. The summed E-state index contributed by atoms with van der Waals surface area (Å²) in [7, 11) is 0. The van der Waals surface area contributed by atoms with Crippen molar-refractivity contribution in [1.29, 1.82) is 0 Å². The molecule has 3 atom stereocenters. The highest BCUT2D eigenvalue weighted by atomic mass is 16.5. The molecule has 3 aliphatic heterocycles. The average Bonchev–Trinajstić information content (AvgIpc) is 3.68. The summed E-state index contributed by atoms with van der Waals surface area (Å²) in [5, 5.41) is 38.1. The summed E-state index contributed by atoms with van der Waals surface area (Å²) in [6.07, 6.45) is 7.56. The van der Waals surface area contributed by atoms with Crippen LogP contribution < -0.4 is 15.4 Å². The number of amides is 1. The number of aliphatic hydroxyl groups excluding tert-OH is 1. The van der Waals surface area contributed by atoms with Crippen LogP contribution in [-0.4, -0.2) is 84.8 Å². The van der Waals surface area contributed by atoms with Gasteiger partial charge in [-0.2, -0.15) is 0 Å². The normalized spacial score (nSPS) is 24.2. The van der Waals surface area contributed by atoms with Crippen molar-refractivity contribution < 1.29 is 34.1 Å². The molecule has 4 aliphatic rings. The molecule has 5 N–H and O–H groups in total. The first kappa shape index (κ1) is 34.4. The number of rotatable bonds is 17. The predicted molar refractivity (Wildman–Crippen MR) is 186 cm³/mol. The van der Waals surface area contributed by atoms with E-state index in [4.69, 9.17) is 9.47 Å². The molecule has 48 heavy (non-hydrogen) atoms. The van der Waals surface area contributed by atoms with E-state index in [2.05, 4.69) is 34.9 Å².